The molecule has 0 N–H and O–H groups in total. The van der Waals surface area contributed by atoms with Gasteiger partial charge in [0.15, 0.2) is 0 Å². The van der Waals surface area contributed by atoms with Gasteiger partial charge in [-0.3, -0.25) is 9.63 Å². The topological polar surface area (TPSA) is 47.4 Å². The number of rotatable bonds is 5. The third kappa shape index (κ3) is 4.49. The van der Waals surface area contributed by atoms with Crippen LogP contribution in [0.4, 0.5) is 5.69 Å². The van der Waals surface area contributed by atoms with E-state index >= 15 is 0 Å². The number of carbonyl (C=O) groups excluding carboxylic acids is 1. The van der Waals surface area contributed by atoms with Gasteiger partial charge in [0.1, 0.15) is 0 Å². The standard InChI is InChI=1S/C34H37N3O2/c1-22(2)28-21-20-23(3)29-31(28)35-36(32(29)25-14-8-5-9-15-25)34(38)30-24(4)39-37(27-18-12-7-13-19-27)33(30)26-16-10-6-11-17-26/h5-19,22-24,28,30,33H,20-21H2,1-4H3/t23-,24+,28+,30-,33-/m1/s1. The SMILES string of the molecule is CC(C)[C@@H]1CC[C@@H](C)c2c1nn(C(=O)[C@@H]1[C@H](C)ON(c3ccccc3)[C@@H]1c1ccccc1)c2-c1ccccc1. The van der Waals surface area contributed by atoms with Crippen LogP contribution in [0.15, 0.2) is 91.0 Å². The molecule has 3 aromatic carbocycles. The zero-order valence-electron chi connectivity index (χ0n) is 23.2. The van der Waals surface area contributed by atoms with Crippen LogP contribution in [0, 0.1) is 11.8 Å². The lowest BCUT2D eigenvalue weighted by Crippen LogP contribution is -2.33. The fourth-order valence-electron chi connectivity index (χ4n) is 6.58. The summed E-state index contributed by atoms with van der Waals surface area (Å²) >= 11 is 0. The monoisotopic (exact) mass is 519 g/mol. The molecule has 0 unspecified atom stereocenters. The van der Waals surface area contributed by atoms with Crippen LogP contribution in [0.25, 0.3) is 11.3 Å². The van der Waals surface area contributed by atoms with Gasteiger partial charge < -0.3 is 0 Å². The van der Waals surface area contributed by atoms with E-state index in [1.807, 2.05) is 78.7 Å². The number of para-hydroxylation sites is 1. The number of nitrogens with zero attached hydrogens (tertiary/aromatic N) is 3. The first-order valence-corrected chi connectivity index (χ1v) is 14.2. The highest BCUT2D eigenvalue weighted by Gasteiger charge is 2.48. The van der Waals surface area contributed by atoms with E-state index in [2.05, 4.69) is 45.0 Å². The second-order valence-corrected chi connectivity index (χ2v) is 11.4. The molecular formula is C34H37N3O2. The highest BCUT2D eigenvalue weighted by Crippen LogP contribution is 2.48. The van der Waals surface area contributed by atoms with Gasteiger partial charge in [-0.15, -0.1) is 0 Å². The number of aromatic nitrogens is 2. The van der Waals surface area contributed by atoms with Gasteiger partial charge in [0.25, 0.3) is 5.91 Å². The number of hydroxylamine groups is 1. The van der Waals surface area contributed by atoms with Crippen LogP contribution in [0.5, 0.6) is 0 Å². The lowest BCUT2D eigenvalue weighted by molar-refractivity contribution is 0.0620. The maximum absolute atomic E-state index is 14.8. The molecule has 0 radical (unpaired) electrons. The normalized spacial score (nSPS) is 24.6. The zero-order chi connectivity index (χ0) is 27.1. The van der Waals surface area contributed by atoms with Gasteiger partial charge in [0.2, 0.25) is 0 Å². The van der Waals surface area contributed by atoms with Crippen LogP contribution in [0.3, 0.4) is 0 Å². The number of anilines is 1. The summed E-state index contributed by atoms with van der Waals surface area (Å²) in [6, 6.07) is 30.4. The Balaban J connectivity index is 1.52. The van der Waals surface area contributed by atoms with Crippen molar-refractivity contribution in [2.24, 2.45) is 11.8 Å². The lowest BCUT2D eigenvalue weighted by atomic mass is 9.75. The maximum Gasteiger partial charge on any atom is 0.255 e. The molecule has 39 heavy (non-hydrogen) atoms. The Morgan fingerprint density at radius 2 is 1.49 bits per heavy atom. The summed E-state index contributed by atoms with van der Waals surface area (Å²) in [4.78, 5) is 21.3. The predicted molar refractivity (Wildman–Crippen MR) is 156 cm³/mol. The lowest BCUT2D eigenvalue weighted by Gasteiger charge is -2.29. The van der Waals surface area contributed by atoms with E-state index in [9.17, 15) is 4.79 Å². The maximum atomic E-state index is 14.8. The molecule has 1 aliphatic heterocycles. The molecule has 0 saturated carbocycles. The van der Waals surface area contributed by atoms with Crippen molar-refractivity contribution < 1.29 is 9.63 Å². The number of hydrogen-bond donors (Lipinski definition) is 0. The molecule has 6 rings (SSSR count). The van der Waals surface area contributed by atoms with Crippen LogP contribution < -0.4 is 5.06 Å². The fourth-order valence-corrected chi connectivity index (χ4v) is 6.58. The molecule has 4 aromatic rings. The third-order valence-electron chi connectivity index (χ3n) is 8.58. The Morgan fingerprint density at radius 1 is 0.872 bits per heavy atom. The van der Waals surface area contributed by atoms with Crippen molar-refractivity contribution in [1.29, 1.82) is 0 Å². The van der Waals surface area contributed by atoms with Crippen LogP contribution in [0.1, 0.15) is 80.0 Å². The Morgan fingerprint density at radius 3 is 2.13 bits per heavy atom. The number of carbonyl (C=O) groups is 1. The van der Waals surface area contributed by atoms with Crippen LogP contribution in [-0.2, 0) is 4.84 Å². The molecule has 2 aliphatic rings. The first-order chi connectivity index (χ1) is 19.0. The largest absolute Gasteiger partial charge is 0.272 e. The van der Waals surface area contributed by atoms with Crippen LogP contribution in [-0.4, -0.2) is 21.8 Å². The quantitative estimate of drug-likeness (QED) is 0.268. The average Bonchev–Trinajstić information content (AvgIpc) is 3.53. The Hall–Kier alpha value is -3.70. The average molecular weight is 520 g/mol. The van der Waals surface area contributed by atoms with E-state index < -0.39 is 5.92 Å². The molecule has 1 aromatic heterocycles. The van der Waals surface area contributed by atoms with Gasteiger partial charge >= 0.3 is 0 Å². The third-order valence-corrected chi connectivity index (χ3v) is 8.58. The molecule has 1 aliphatic carbocycles. The van der Waals surface area contributed by atoms with Crippen molar-refractivity contribution in [3.63, 3.8) is 0 Å². The first-order valence-electron chi connectivity index (χ1n) is 14.2. The highest BCUT2D eigenvalue weighted by atomic mass is 16.7. The molecule has 200 valence electrons. The molecule has 1 fully saturated rings. The van der Waals surface area contributed by atoms with Crippen molar-refractivity contribution in [2.45, 2.75) is 64.5 Å². The van der Waals surface area contributed by atoms with E-state index in [4.69, 9.17) is 9.94 Å². The Bertz CT molecular complexity index is 1430. The molecule has 0 spiro atoms. The van der Waals surface area contributed by atoms with Gasteiger partial charge in [-0.1, -0.05) is 99.6 Å². The van der Waals surface area contributed by atoms with E-state index in [1.165, 1.54) is 5.56 Å². The molecule has 0 amide bonds. The molecular weight excluding hydrogens is 482 g/mol. The summed E-state index contributed by atoms with van der Waals surface area (Å²) in [5.74, 6) is 0.685. The number of benzene rings is 3. The van der Waals surface area contributed by atoms with Crippen molar-refractivity contribution in [1.82, 2.24) is 9.78 Å². The van der Waals surface area contributed by atoms with Gasteiger partial charge in [0.05, 0.1) is 35.1 Å². The Kier molecular flexibility index (Phi) is 6.86. The molecule has 1 saturated heterocycles. The summed E-state index contributed by atoms with van der Waals surface area (Å²) in [5, 5.41) is 7.10. The van der Waals surface area contributed by atoms with Crippen molar-refractivity contribution in [2.75, 3.05) is 5.06 Å². The second-order valence-electron chi connectivity index (χ2n) is 11.4. The summed E-state index contributed by atoms with van der Waals surface area (Å²) in [6.07, 6.45) is 1.88. The zero-order valence-corrected chi connectivity index (χ0v) is 23.2. The van der Waals surface area contributed by atoms with Gasteiger partial charge in [-0.25, -0.2) is 5.06 Å². The Labute approximate surface area is 231 Å². The second kappa shape index (κ2) is 10.5. The van der Waals surface area contributed by atoms with Gasteiger partial charge in [-0.2, -0.15) is 9.78 Å². The minimum atomic E-state index is -0.441. The molecule has 5 nitrogen and oxygen atoms in total. The minimum Gasteiger partial charge on any atom is -0.272 e. The summed E-state index contributed by atoms with van der Waals surface area (Å²) in [7, 11) is 0. The van der Waals surface area contributed by atoms with Gasteiger partial charge in [-0.05, 0) is 49.3 Å². The summed E-state index contributed by atoms with van der Waals surface area (Å²) in [5.41, 5.74) is 6.31. The van der Waals surface area contributed by atoms with Gasteiger partial charge in [0, 0.05) is 17.0 Å². The van der Waals surface area contributed by atoms with Crippen molar-refractivity contribution in [3.8, 4) is 11.3 Å². The summed E-state index contributed by atoms with van der Waals surface area (Å²) < 4.78 is 1.74. The number of hydrogen-bond acceptors (Lipinski definition) is 4. The molecule has 5 heteroatoms. The molecule has 2 heterocycles. The van der Waals surface area contributed by atoms with E-state index in [0.29, 0.717) is 17.8 Å². The minimum absolute atomic E-state index is 0.0160. The van der Waals surface area contributed by atoms with E-state index in [0.717, 1.165) is 41.0 Å². The van der Waals surface area contributed by atoms with E-state index in [-0.39, 0.29) is 18.1 Å². The summed E-state index contributed by atoms with van der Waals surface area (Å²) in [6.45, 7) is 8.82. The molecule has 5 atom stereocenters. The predicted octanol–water partition coefficient (Wildman–Crippen LogP) is 8.03. The van der Waals surface area contributed by atoms with Crippen molar-refractivity contribution in [3.05, 3.63) is 108 Å². The highest BCUT2D eigenvalue weighted by molar-refractivity contribution is 5.88. The van der Waals surface area contributed by atoms with Crippen LogP contribution in [0.2, 0.25) is 0 Å². The van der Waals surface area contributed by atoms with Crippen LogP contribution >= 0.6 is 0 Å². The fraction of sp³-hybridized carbons (Fsp3) is 0.353. The van der Waals surface area contributed by atoms with Crippen molar-refractivity contribution >= 4 is 11.6 Å². The first kappa shape index (κ1) is 25.6. The number of fused-ring (bicyclic) bond motifs is 1. The van der Waals surface area contributed by atoms with E-state index in [1.54, 1.807) is 4.68 Å². The smallest absolute Gasteiger partial charge is 0.255 e. The molecule has 0 bridgehead atoms.